The monoisotopic (exact) mass is 193 g/mol. The van der Waals surface area contributed by atoms with E-state index >= 15 is 0 Å². The number of hydrogen-bond donors (Lipinski definition) is 1. The number of primary amides is 1. The minimum absolute atomic E-state index is 0.00486. The van der Waals surface area contributed by atoms with Crippen molar-refractivity contribution in [1.82, 2.24) is 0 Å². The van der Waals surface area contributed by atoms with Crippen LogP contribution in [0.5, 0.6) is 0 Å². The van der Waals surface area contributed by atoms with Crippen molar-refractivity contribution in [2.24, 2.45) is 28.9 Å². The molecule has 0 radical (unpaired) electrons. The molecule has 2 unspecified atom stereocenters. The third kappa shape index (κ3) is 1.12. The molecule has 0 aromatic rings. The Kier molecular flexibility index (Phi) is 1.71. The predicted octanol–water partition coefficient (Wildman–Crippen LogP) is 2.08. The Morgan fingerprint density at radius 1 is 1.07 bits per heavy atom. The Hall–Kier alpha value is -0.530. The molecule has 4 bridgehead atoms. The van der Waals surface area contributed by atoms with Crippen molar-refractivity contribution in [3.05, 3.63) is 0 Å². The van der Waals surface area contributed by atoms with Crippen LogP contribution in [0.3, 0.4) is 0 Å². The molecule has 2 N–H and O–H groups in total. The molecule has 14 heavy (non-hydrogen) atoms. The second-order valence-electron chi connectivity index (χ2n) is 5.90. The molecule has 4 saturated carbocycles. The first-order valence-corrected chi connectivity index (χ1v) is 5.98. The first-order chi connectivity index (χ1) is 6.68. The topological polar surface area (TPSA) is 43.1 Å². The fourth-order valence-electron chi connectivity index (χ4n) is 4.47. The summed E-state index contributed by atoms with van der Waals surface area (Å²) < 4.78 is 0. The van der Waals surface area contributed by atoms with Gasteiger partial charge in [0.2, 0.25) is 5.91 Å². The second-order valence-corrected chi connectivity index (χ2v) is 5.90. The molecular weight excluding hydrogens is 174 g/mol. The van der Waals surface area contributed by atoms with E-state index in [1.54, 1.807) is 0 Å². The van der Waals surface area contributed by atoms with Crippen LogP contribution in [0.15, 0.2) is 0 Å². The van der Waals surface area contributed by atoms with Crippen molar-refractivity contribution >= 4 is 5.91 Å². The Bertz CT molecular complexity index is 259. The normalized spacial score (nSPS) is 50.4. The van der Waals surface area contributed by atoms with E-state index in [0.717, 1.165) is 37.0 Å². The zero-order chi connectivity index (χ0) is 9.76. The average molecular weight is 193 g/mol. The second kappa shape index (κ2) is 2.74. The quantitative estimate of drug-likeness (QED) is 0.680. The lowest BCUT2D eigenvalue weighted by atomic mass is 9.61. The van der Waals surface area contributed by atoms with E-state index in [-0.39, 0.29) is 11.3 Å². The third-order valence-electron chi connectivity index (χ3n) is 4.91. The summed E-state index contributed by atoms with van der Waals surface area (Å²) in [5.74, 6) is 2.56. The van der Waals surface area contributed by atoms with Crippen molar-refractivity contribution < 1.29 is 4.79 Å². The molecule has 0 spiro atoms. The van der Waals surface area contributed by atoms with Gasteiger partial charge in [-0.3, -0.25) is 4.79 Å². The van der Waals surface area contributed by atoms with E-state index in [9.17, 15) is 4.79 Å². The summed E-state index contributed by atoms with van der Waals surface area (Å²) in [4.78, 5) is 11.6. The van der Waals surface area contributed by atoms with E-state index in [0.29, 0.717) is 0 Å². The van der Waals surface area contributed by atoms with E-state index in [4.69, 9.17) is 5.73 Å². The lowest BCUT2D eigenvalue weighted by Gasteiger charge is -2.43. The van der Waals surface area contributed by atoms with Crippen LogP contribution in [0.2, 0.25) is 0 Å². The van der Waals surface area contributed by atoms with Gasteiger partial charge in [-0.25, -0.2) is 0 Å². The summed E-state index contributed by atoms with van der Waals surface area (Å²) in [5.41, 5.74) is 5.54. The van der Waals surface area contributed by atoms with Gasteiger partial charge in [-0.2, -0.15) is 0 Å². The Morgan fingerprint density at radius 3 is 2.21 bits per heavy atom. The summed E-state index contributed by atoms with van der Waals surface area (Å²) in [6.07, 6.45) is 8.70. The lowest BCUT2D eigenvalue weighted by Crippen LogP contribution is -2.43. The van der Waals surface area contributed by atoms with E-state index in [2.05, 4.69) is 0 Å². The number of carbonyl (C=O) groups is 1. The highest BCUT2D eigenvalue weighted by Crippen LogP contribution is 2.56. The maximum Gasteiger partial charge on any atom is 0.223 e. The van der Waals surface area contributed by atoms with Crippen molar-refractivity contribution in [3.63, 3.8) is 0 Å². The van der Waals surface area contributed by atoms with Crippen molar-refractivity contribution in [1.29, 1.82) is 0 Å². The number of rotatable bonds is 1. The predicted molar refractivity (Wildman–Crippen MR) is 54.4 cm³/mol. The van der Waals surface area contributed by atoms with Crippen LogP contribution < -0.4 is 5.73 Å². The zero-order valence-electron chi connectivity index (χ0n) is 8.67. The van der Waals surface area contributed by atoms with Gasteiger partial charge in [0.25, 0.3) is 0 Å². The first kappa shape index (κ1) is 8.75. The van der Waals surface area contributed by atoms with Gasteiger partial charge >= 0.3 is 0 Å². The molecule has 4 aliphatic rings. The van der Waals surface area contributed by atoms with Crippen molar-refractivity contribution in [2.75, 3.05) is 0 Å². The molecule has 0 aromatic carbocycles. The first-order valence-electron chi connectivity index (χ1n) is 5.98. The van der Waals surface area contributed by atoms with Crippen LogP contribution >= 0.6 is 0 Å². The molecule has 4 fully saturated rings. The molecule has 4 atom stereocenters. The van der Waals surface area contributed by atoms with Gasteiger partial charge in [0.15, 0.2) is 0 Å². The number of nitrogens with two attached hydrogens (primary N) is 1. The minimum atomic E-state index is -0.0845. The van der Waals surface area contributed by atoms with Gasteiger partial charge in [0, 0.05) is 5.41 Å². The molecule has 0 aliphatic heterocycles. The van der Waals surface area contributed by atoms with Crippen LogP contribution in [-0.4, -0.2) is 5.91 Å². The van der Waals surface area contributed by atoms with Gasteiger partial charge in [-0.15, -0.1) is 0 Å². The molecule has 4 aliphatic carbocycles. The summed E-state index contributed by atoms with van der Waals surface area (Å²) in [5, 5.41) is 0. The van der Waals surface area contributed by atoms with Gasteiger partial charge in [-0.1, -0.05) is 0 Å². The number of hydrogen-bond acceptors (Lipinski definition) is 1. The summed E-state index contributed by atoms with van der Waals surface area (Å²) in [6.45, 7) is 0. The molecule has 2 heteroatoms. The van der Waals surface area contributed by atoms with Gasteiger partial charge in [0.1, 0.15) is 0 Å². The Morgan fingerprint density at radius 2 is 1.64 bits per heavy atom. The zero-order valence-corrected chi connectivity index (χ0v) is 8.67. The van der Waals surface area contributed by atoms with Gasteiger partial charge in [0.05, 0.1) is 0 Å². The minimum Gasteiger partial charge on any atom is -0.369 e. The molecule has 2 nitrogen and oxygen atoms in total. The number of carbonyl (C=O) groups excluding carboxylic acids is 1. The SMILES string of the molecule is NC(=O)C12CCC3C[C@H](C[C@H](C3)C1)C2. The third-order valence-corrected chi connectivity index (χ3v) is 4.91. The van der Waals surface area contributed by atoms with Crippen LogP contribution in [0, 0.1) is 23.2 Å². The lowest BCUT2D eigenvalue weighted by molar-refractivity contribution is -0.132. The maximum absolute atomic E-state index is 11.6. The summed E-state index contributed by atoms with van der Waals surface area (Å²) in [6, 6.07) is 0. The Labute approximate surface area is 85.2 Å². The van der Waals surface area contributed by atoms with Crippen LogP contribution in [-0.2, 0) is 4.79 Å². The molecule has 1 amide bonds. The van der Waals surface area contributed by atoms with Crippen molar-refractivity contribution in [2.45, 2.75) is 44.9 Å². The molecule has 0 saturated heterocycles. The molecular formula is C12H19NO. The molecule has 0 aromatic heterocycles. The highest BCUT2D eigenvalue weighted by atomic mass is 16.1. The van der Waals surface area contributed by atoms with Gasteiger partial charge in [-0.05, 0) is 62.7 Å². The fourth-order valence-corrected chi connectivity index (χ4v) is 4.47. The van der Waals surface area contributed by atoms with E-state index in [1.165, 1.54) is 25.7 Å². The molecule has 0 heterocycles. The highest BCUT2D eigenvalue weighted by molar-refractivity contribution is 5.81. The van der Waals surface area contributed by atoms with Crippen LogP contribution in [0.1, 0.15) is 44.9 Å². The maximum atomic E-state index is 11.6. The van der Waals surface area contributed by atoms with Gasteiger partial charge < -0.3 is 5.73 Å². The smallest absolute Gasteiger partial charge is 0.223 e. The van der Waals surface area contributed by atoms with Crippen LogP contribution in [0.4, 0.5) is 0 Å². The van der Waals surface area contributed by atoms with E-state index in [1.807, 2.05) is 0 Å². The summed E-state index contributed by atoms with van der Waals surface area (Å²) in [7, 11) is 0. The largest absolute Gasteiger partial charge is 0.369 e. The summed E-state index contributed by atoms with van der Waals surface area (Å²) >= 11 is 0. The average Bonchev–Trinajstić information content (AvgIpc) is 2.31. The standard InChI is InChI=1S/C12H19NO/c13-11(14)12-2-1-8-3-9(6-12)5-10(4-8)7-12/h8-10H,1-7H2,(H2,13,14)/t8?,9-,10+,12?. The van der Waals surface area contributed by atoms with Crippen molar-refractivity contribution in [3.8, 4) is 0 Å². The molecule has 4 rings (SSSR count). The highest BCUT2D eigenvalue weighted by Gasteiger charge is 2.50. The van der Waals surface area contributed by atoms with Crippen LogP contribution in [0.25, 0.3) is 0 Å². The molecule has 78 valence electrons. The Balaban J connectivity index is 1.97. The number of fused-ring (bicyclic) bond motifs is 1. The fraction of sp³-hybridized carbons (Fsp3) is 0.917. The number of amides is 1. The van der Waals surface area contributed by atoms with E-state index < -0.39 is 0 Å².